The number of nitrogens with zero attached hydrogens (tertiary/aromatic N) is 3. The lowest BCUT2D eigenvalue weighted by atomic mass is 10.5. The fraction of sp³-hybridized carbons (Fsp3) is 0. The number of anilines is 1. The van der Waals surface area contributed by atoms with E-state index >= 15 is 0 Å². The highest BCUT2D eigenvalue weighted by atomic mass is 35.5. The molecule has 10 heteroatoms. The van der Waals surface area contributed by atoms with Crippen LogP contribution < -0.4 is 4.31 Å². The van der Waals surface area contributed by atoms with Gasteiger partial charge < -0.3 is 5.11 Å². The van der Waals surface area contributed by atoms with Crippen molar-refractivity contribution in [2.75, 3.05) is 4.31 Å². The lowest BCUT2D eigenvalue weighted by Gasteiger charge is -2.16. The summed E-state index contributed by atoms with van der Waals surface area (Å²) in [5.74, 6) is -0.188. The van der Waals surface area contributed by atoms with Crippen LogP contribution in [-0.2, 0) is 10.0 Å². The molecule has 0 bridgehead atoms. The molecule has 1 N–H and O–H groups in total. The van der Waals surface area contributed by atoms with Crippen molar-refractivity contribution in [2.45, 2.75) is 4.90 Å². The highest BCUT2D eigenvalue weighted by molar-refractivity contribution is 7.93. The Morgan fingerprint density at radius 1 is 1.37 bits per heavy atom. The molecule has 0 saturated heterocycles. The Morgan fingerprint density at radius 2 is 2.11 bits per heavy atom. The van der Waals surface area contributed by atoms with Gasteiger partial charge in [0.2, 0.25) is 0 Å². The van der Waals surface area contributed by atoms with Crippen LogP contribution in [0, 0.1) is 0 Å². The van der Waals surface area contributed by atoms with Crippen molar-refractivity contribution in [3.05, 3.63) is 34.4 Å². The van der Waals surface area contributed by atoms with Crippen molar-refractivity contribution in [1.29, 1.82) is 0 Å². The second-order valence-corrected chi connectivity index (χ2v) is 6.11. The van der Waals surface area contributed by atoms with E-state index in [0.29, 0.717) is 0 Å². The third-order valence-corrected chi connectivity index (χ3v) is 4.50. The van der Waals surface area contributed by atoms with E-state index in [-0.39, 0.29) is 20.2 Å². The Balaban J connectivity index is 2.52. The van der Waals surface area contributed by atoms with Crippen LogP contribution in [0.5, 0.6) is 0 Å². The topological polar surface area (TPSA) is 100 Å². The number of sulfonamides is 1. The van der Waals surface area contributed by atoms with Crippen molar-refractivity contribution < 1.29 is 18.3 Å². The van der Waals surface area contributed by atoms with E-state index in [0.717, 1.165) is 17.5 Å². The lowest BCUT2D eigenvalue weighted by Crippen LogP contribution is -2.36. The normalized spacial score (nSPS) is 11.2. The third kappa shape index (κ3) is 2.67. The molecule has 7 nitrogen and oxygen atoms in total. The van der Waals surface area contributed by atoms with Crippen LogP contribution in [-0.4, -0.2) is 29.6 Å². The van der Waals surface area contributed by atoms with Gasteiger partial charge in [0.25, 0.3) is 10.0 Å². The van der Waals surface area contributed by atoms with E-state index in [1.165, 1.54) is 23.0 Å². The molecule has 0 aromatic carbocycles. The first-order valence-corrected chi connectivity index (χ1v) is 7.47. The number of hydrogen-bond donors (Lipinski definition) is 1. The van der Waals surface area contributed by atoms with Gasteiger partial charge in [-0.05, 0) is 12.1 Å². The number of rotatable bonds is 3. The van der Waals surface area contributed by atoms with E-state index in [2.05, 4.69) is 9.97 Å². The van der Waals surface area contributed by atoms with Gasteiger partial charge in [0.15, 0.2) is 5.82 Å². The van der Waals surface area contributed by atoms with E-state index < -0.39 is 16.1 Å². The predicted molar refractivity (Wildman–Crippen MR) is 69.1 cm³/mol. The largest absolute Gasteiger partial charge is 0.464 e. The molecule has 0 aliphatic heterocycles. The van der Waals surface area contributed by atoms with Crippen LogP contribution in [0.3, 0.4) is 0 Å². The number of carboxylic acid groups (broad SMARTS) is 1. The van der Waals surface area contributed by atoms with Crippen molar-refractivity contribution in [2.24, 2.45) is 0 Å². The molecular formula is C9H6ClN3O4S2. The zero-order chi connectivity index (χ0) is 14.0. The summed E-state index contributed by atoms with van der Waals surface area (Å²) in [6.45, 7) is 0. The number of halogens is 1. The van der Waals surface area contributed by atoms with Gasteiger partial charge in [-0.15, -0.1) is 15.6 Å². The molecule has 0 radical (unpaired) electrons. The fourth-order valence-electron chi connectivity index (χ4n) is 1.25. The zero-order valence-electron chi connectivity index (χ0n) is 9.09. The number of thiazole rings is 1. The summed E-state index contributed by atoms with van der Waals surface area (Å²) in [5.41, 5.74) is 1.33. The summed E-state index contributed by atoms with van der Waals surface area (Å²) in [6.07, 6.45) is -0.666. The molecule has 0 aliphatic carbocycles. The Hall–Kier alpha value is -1.71. The summed E-state index contributed by atoms with van der Waals surface area (Å²) in [5, 5.41) is 10.5. The maximum Gasteiger partial charge on any atom is 0.427 e. The van der Waals surface area contributed by atoms with Gasteiger partial charge in [-0.2, -0.15) is 0 Å². The Morgan fingerprint density at radius 3 is 2.58 bits per heavy atom. The SMILES string of the molecule is O=C(O)N(c1cscn1)S(=O)(=O)c1ccc(Cl)nc1. The number of aromatic nitrogens is 2. The first kappa shape index (κ1) is 13.7. The van der Waals surface area contributed by atoms with Crippen LogP contribution in [0.1, 0.15) is 0 Å². The van der Waals surface area contributed by atoms with Gasteiger partial charge in [0.05, 0.1) is 5.51 Å². The first-order chi connectivity index (χ1) is 8.93. The average Bonchev–Trinajstić information content (AvgIpc) is 2.82. The molecule has 0 aliphatic rings. The van der Waals surface area contributed by atoms with Crippen LogP contribution in [0.15, 0.2) is 34.1 Å². The fourth-order valence-corrected chi connectivity index (χ4v) is 3.14. The summed E-state index contributed by atoms with van der Waals surface area (Å²) >= 11 is 6.64. The van der Waals surface area contributed by atoms with Crippen molar-refractivity contribution in [1.82, 2.24) is 9.97 Å². The summed E-state index contributed by atoms with van der Waals surface area (Å²) in [7, 11) is -4.28. The molecule has 2 rings (SSSR count). The number of amides is 1. The monoisotopic (exact) mass is 319 g/mol. The van der Waals surface area contributed by atoms with Gasteiger partial charge in [0.1, 0.15) is 10.0 Å². The minimum absolute atomic E-state index is 0.106. The van der Waals surface area contributed by atoms with Crippen LogP contribution >= 0.6 is 22.9 Å². The van der Waals surface area contributed by atoms with Gasteiger partial charge in [-0.1, -0.05) is 11.6 Å². The smallest absolute Gasteiger partial charge is 0.427 e. The van der Waals surface area contributed by atoms with Crippen LogP contribution in [0.25, 0.3) is 0 Å². The van der Waals surface area contributed by atoms with E-state index in [4.69, 9.17) is 16.7 Å². The summed E-state index contributed by atoms with van der Waals surface area (Å²) in [6, 6.07) is 2.43. The molecule has 1 amide bonds. The molecule has 2 heterocycles. The Kier molecular flexibility index (Phi) is 3.69. The van der Waals surface area contributed by atoms with Crippen molar-refractivity contribution >= 4 is 44.9 Å². The summed E-state index contributed by atoms with van der Waals surface area (Å²) in [4.78, 5) is 18.2. The Labute approximate surface area is 117 Å². The van der Waals surface area contributed by atoms with Crippen molar-refractivity contribution in [3.8, 4) is 0 Å². The van der Waals surface area contributed by atoms with Crippen LogP contribution in [0.2, 0.25) is 5.15 Å². The third-order valence-electron chi connectivity index (χ3n) is 2.04. The standard InChI is InChI=1S/C9H6ClN3O4S2/c10-7-2-1-6(3-11-7)19(16,17)13(9(14)15)8-4-18-5-12-8/h1-5H,(H,14,15). The molecule has 0 atom stereocenters. The number of carbonyl (C=O) groups is 1. The zero-order valence-corrected chi connectivity index (χ0v) is 11.5. The quantitative estimate of drug-likeness (QED) is 0.869. The Bertz CT molecular complexity index is 685. The van der Waals surface area contributed by atoms with Gasteiger partial charge in [0, 0.05) is 11.6 Å². The second-order valence-electron chi connectivity index (χ2n) is 3.22. The van der Waals surface area contributed by atoms with E-state index in [1.807, 2.05) is 0 Å². The molecule has 2 aromatic rings. The molecule has 2 aromatic heterocycles. The molecule has 100 valence electrons. The number of pyridine rings is 1. The molecule has 19 heavy (non-hydrogen) atoms. The number of hydrogen-bond acceptors (Lipinski definition) is 6. The summed E-state index contributed by atoms with van der Waals surface area (Å²) < 4.78 is 24.6. The molecule has 0 unspecified atom stereocenters. The lowest BCUT2D eigenvalue weighted by molar-refractivity contribution is 0.206. The molecule has 0 spiro atoms. The predicted octanol–water partition coefficient (Wildman–Crippen LogP) is 2.06. The highest BCUT2D eigenvalue weighted by Crippen LogP contribution is 2.23. The minimum Gasteiger partial charge on any atom is -0.464 e. The maximum atomic E-state index is 12.2. The van der Waals surface area contributed by atoms with E-state index in [1.54, 1.807) is 0 Å². The van der Waals surface area contributed by atoms with Gasteiger partial charge >= 0.3 is 6.09 Å². The molecular weight excluding hydrogens is 314 g/mol. The van der Waals surface area contributed by atoms with Gasteiger partial charge in [-0.3, -0.25) is 0 Å². The molecule has 0 saturated carbocycles. The second kappa shape index (κ2) is 5.11. The average molecular weight is 320 g/mol. The van der Waals surface area contributed by atoms with Gasteiger partial charge in [-0.25, -0.2) is 23.2 Å². The first-order valence-electron chi connectivity index (χ1n) is 4.71. The highest BCUT2D eigenvalue weighted by Gasteiger charge is 2.32. The minimum atomic E-state index is -4.28. The van der Waals surface area contributed by atoms with Crippen molar-refractivity contribution in [3.63, 3.8) is 0 Å². The molecule has 0 fully saturated rings. The maximum absolute atomic E-state index is 12.2. The van der Waals surface area contributed by atoms with E-state index in [9.17, 15) is 13.2 Å². The van der Waals surface area contributed by atoms with Crippen LogP contribution in [0.4, 0.5) is 10.6 Å².